The molecule has 4 nitrogen and oxygen atoms in total. The molecular formula is C20H26NO3+. The molecule has 1 aliphatic carbocycles. The SMILES string of the molecule is COc1ccc(C[NH2+]C2CCCc3ccccc32)c(OC)c1OC. The maximum absolute atomic E-state index is 5.59. The summed E-state index contributed by atoms with van der Waals surface area (Å²) in [6, 6.07) is 13.3. The van der Waals surface area contributed by atoms with Crippen LogP contribution in [0.1, 0.15) is 35.6 Å². The third-order valence-corrected chi connectivity index (χ3v) is 4.82. The lowest BCUT2D eigenvalue weighted by molar-refractivity contribution is -0.712. The molecule has 2 N–H and O–H groups in total. The van der Waals surface area contributed by atoms with Crippen LogP contribution in [0.25, 0.3) is 0 Å². The minimum absolute atomic E-state index is 0.507. The second kappa shape index (κ2) is 7.58. The van der Waals surface area contributed by atoms with Gasteiger partial charge in [0.25, 0.3) is 0 Å². The number of aryl methyl sites for hydroxylation is 1. The summed E-state index contributed by atoms with van der Waals surface area (Å²) >= 11 is 0. The predicted molar refractivity (Wildman–Crippen MR) is 93.8 cm³/mol. The van der Waals surface area contributed by atoms with Gasteiger partial charge in [0.1, 0.15) is 12.6 Å². The Bertz CT molecular complexity index is 699. The molecule has 1 atom stereocenters. The van der Waals surface area contributed by atoms with Crippen molar-refractivity contribution < 1.29 is 19.5 Å². The number of hydrogen-bond acceptors (Lipinski definition) is 3. The number of rotatable bonds is 6. The molecule has 0 fully saturated rings. The van der Waals surface area contributed by atoms with E-state index >= 15 is 0 Å². The molecule has 24 heavy (non-hydrogen) atoms. The Morgan fingerprint density at radius 1 is 0.958 bits per heavy atom. The summed E-state index contributed by atoms with van der Waals surface area (Å²) in [5.74, 6) is 2.12. The molecule has 0 aliphatic heterocycles. The van der Waals surface area contributed by atoms with Gasteiger partial charge in [-0.25, -0.2) is 0 Å². The van der Waals surface area contributed by atoms with Crippen molar-refractivity contribution in [2.24, 2.45) is 0 Å². The molecule has 0 saturated heterocycles. The van der Waals surface area contributed by atoms with E-state index in [-0.39, 0.29) is 0 Å². The van der Waals surface area contributed by atoms with Gasteiger partial charge in [-0.15, -0.1) is 0 Å². The Morgan fingerprint density at radius 2 is 1.75 bits per heavy atom. The monoisotopic (exact) mass is 328 g/mol. The Kier molecular flexibility index (Phi) is 5.26. The molecule has 4 heteroatoms. The van der Waals surface area contributed by atoms with Crippen molar-refractivity contribution in [3.8, 4) is 17.2 Å². The highest BCUT2D eigenvalue weighted by molar-refractivity contribution is 5.55. The van der Waals surface area contributed by atoms with E-state index in [0.29, 0.717) is 17.5 Å². The smallest absolute Gasteiger partial charge is 0.203 e. The van der Waals surface area contributed by atoms with Crippen LogP contribution in [0.5, 0.6) is 17.2 Å². The number of quaternary nitrogens is 1. The lowest BCUT2D eigenvalue weighted by Gasteiger charge is -2.24. The van der Waals surface area contributed by atoms with Crippen LogP contribution < -0.4 is 19.5 Å². The normalized spacial score (nSPS) is 16.4. The van der Waals surface area contributed by atoms with E-state index < -0.39 is 0 Å². The van der Waals surface area contributed by atoms with Gasteiger partial charge in [0.05, 0.1) is 26.9 Å². The Hall–Kier alpha value is -2.20. The minimum atomic E-state index is 0.507. The summed E-state index contributed by atoms with van der Waals surface area (Å²) in [5, 5.41) is 2.40. The Labute approximate surface area is 143 Å². The summed E-state index contributed by atoms with van der Waals surface area (Å²) in [4.78, 5) is 0. The third kappa shape index (κ3) is 3.20. The zero-order valence-corrected chi connectivity index (χ0v) is 14.7. The molecular weight excluding hydrogens is 302 g/mol. The fraction of sp³-hybridized carbons (Fsp3) is 0.400. The summed E-state index contributed by atoms with van der Waals surface area (Å²) in [6.45, 7) is 0.850. The number of benzene rings is 2. The van der Waals surface area contributed by atoms with Gasteiger partial charge in [-0.1, -0.05) is 24.3 Å². The Balaban J connectivity index is 1.81. The molecule has 0 radical (unpaired) electrons. The lowest BCUT2D eigenvalue weighted by atomic mass is 9.87. The van der Waals surface area contributed by atoms with Crippen LogP contribution in [0.4, 0.5) is 0 Å². The van der Waals surface area contributed by atoms with Crippen molar-refractivity contribution >= 4 is 0 Å². The van der Waals surface area contributed by atoms with Gasteiger partial charge >= 0.3 is 0 Å². The molecule has 1 aliphatic rings. The first-order chi connectivity index (χ1) is 11.8. The number of fused-ring (bicyclic) bond motifs is 1. The topological polar surface area (TPSA) is 44.3 Å². The first-order valence-electron chi connectivity index (χ1n) is 8.47. The molecule has 0 saturated carbocycles. The first kappa shape index (κ1) is 16.7. The lowest BCUT2D eigenvalue weighted by Crippen LogP contribution is -2.84. The van der Waals surface area contributed by atoms with E-state index in [0.717, 1.165) is 17.9 Å². The maximum atomic E-state index is 5.59. The summed E-state index contributed by atoms with van der Waals surface area (Å²) in [6.07, 6.45) is 3.66. The van der Waals surface area contributed by atoms with Gasteiger partial charge < -0.3 is 19.5 Å². The van der Waals surface area contributed by atoms with E-state index in [2.05, 4.69) is 35.6 Å². The zero-order chi connectivity index (χ0) is 16.9. The first-order valence-corrected chi connectivity index (χ1v) is 8.47. The van der Waals surface area contributed by atoms with Crippen molar-refractivity contribution in [2.45, 2.75) is 31.8 Å². The molecule has 1 unspecified atom stereocenters. The zero-order valence-electron chi connectivity index (χ0n) is 14.7. The maximum Gasteiger partial charge on any atom is 0.203 e. The van der Waals surface area contributed by atoms with Crippen LogP contribution in [0.2, 0.25) is 0 Å². The van der Waals surface area contributed by atoms with Crippen LogP contribution >= 0.6 is 0 Å². The summed E-state index contributed by atoms with van der Waals surface area (Å²) < 4.78 is 16.4. The number of ether oxygens (including phenoxy) is 3. The van der Waals surface area contributed by atoms with Crippen LogP contribution in [0.3, 0.4) is 0 Å². The van der Waals surface area contributed by atoms with Crippen molar-refractivity contribution in [1.29, 1.82) is 0 Å². The molecule has 0 spiro atoms. The minimum Gasteiger partial charge on any atom is -0.493 e. The molecule has 128 valence electrons. The number of nitrogens with two attached hydrogens (primary N) is 1. The second-order valence-corrected chi connectivity index (χ2v) is 6.13. The van der Waals surface area contributed by atoms with Crippen molar-refractivity contribution in [2.75, 3.05) is 21.3 Å². The van der Waals surface area contributed by atoms with E-state index in [1.165, 1.54) is 30.4 Å². The number of hydrogen-bond donors (Lipinski definition) is 1. The fourth-order valence-corrected chi connectivity index (χ4v) is 3.63. The molecule has 0 bridgehead atoms. The molecule has 2 aromatic carbocycles. The van der Waals surface area contributed by atoms with Crippen molar-refractivity contribution in [1.82, 2.24) is 0 Å². The van der Waals surface area contributed by atoms with Crippen LogP contribution in [-0.4, -0.2) is 21.3 Å². The van der Waals surface area contributed by atoms with Crippen molar-refractivity contribution in [3.05, 3.63) is 53.1 Å². The molecule has 3 rings (SSSR count). The average molecular weight is 328 g/mol. The number of methoxy groups -OCH3 is 3. The average Bonchev–Trinajstić information content (AvgIpc) is 2.65. The fourth-order valence-electron chi connectivity index (χ4n) is 3.63. The largest absolute Gasteiger partial charge is 0.493 e. The van der Waals surface area contributed by atoms with Gasteiger partial charge in [-0.3, -0.25) is 0 Å². The standard InChI is InChI=1S/C20H25NO3/c1-22-18-12-11-15(19(23-2)20(18)24-3)13-21-17-10-6-8-14-7-4-5-9-16(14)17/h4-5,7,9,11-12,17,21H,6,8,10,13H2,1-3H3/p+1. The van der Waals surface area contributed by atoms with Gasteiger partial charge in [0.15, 0.2) is 11.5 Å². The highest BCUT2D eigenvalue weighted by Gasteiger charge is 2.24. The highest BCUT2D eigenvalue weighted by atomic mass is 16.5. The van der Waals surface area contributed by atoms with Crippen LogP contribution in [-0.2, 0) is 13.0 Å². The summed E-state index contributed by atoms with van der Waals surface area (Å²) in [5.41, 5.74) is 4.09. The quantitative estimate of drug-likeness (QED) is 0.887. The van der Waals surface area contributed by atoms with Crippen molar-refractivity contribution in [3.63, 3.8) is 0 Å². The van der Waals surface area contributed by atoms with Crippen LogP contribution in [0.15, 0.2) is 36.4 Å². The summed E-state index contributed by atoms with van der Waals surface area (Å²) in [7, 11) is 4.96. The van der Waals surface area contributed by atoms with E-state index in [4.69, 9.17) is 14.2 Å². The van der Waals surface area contributed by atoms with Gasteiger partial charge in [0, 0.05) is 12.0 Å². The highest BCUT2D eigenvalue weighted by Crippen LogP contribution is 2.39. The molecule has 0 heterocycles. The van der Waals surface area contributed by atoms with Crippen LogP contribution in [0, 0.1) is 0 Å². The van der Waals surface area contributed by atoms with E-state index in [1.54, 1.807) is 21.3 Å². The van der Waals surface area contributed by atoms with E-state index in [1.807, 2.05) is 6.07 Å². The third-order valence-electron chi connectivity index (χ3n) is 4.82. The molecule has 2 aromatic rings. The predicted octanol–water partition coefficient (Wildman–Crippen LogP) is 2.85. The second-order valence-electron chi connectivity index (χ2n) is 6.13. The van der Waals surface area contributed by atoms with E-state index in [9.17, 15) is 0 Å². The molecule has 0 aromatic heterocycles. The molecule has 0 amide bonds. The van der Waals surface area contributed by atoms with Gasteiger partial charge in [-0.2, -0.15) is 0 Å². The van der Waals surface area contributed by atoms with Gasteiger partial charge in [-0.05, 0) is 30.5 Å². The van der Waals surface area contributed by atoms with Gasteiger partial charge in [0.2, 0.25) is 5.75 Å². The Morgan fingerprint density at radius 3 is 2.50 bits per heavy atom.